The number of ether oxygens (including phenoxy) is 2. The van der Waals surface area contributed by atoms with Crippen molar-refractivity contribution in [3.05, 3.63) is 0 Å². The summed E-state index contributed by atoms with van der Waals surface area (Å²) in [7, 11) is 0. The lowest BCUT2D eigenvalue weighted by Gasteiger charge is -2.20. The van der Waals surface area contributed by atoms with Gasteiger partial charge in [0.15, 0.2) is 0 Å². The molecular weight excluding hydrogens is 220 g/mol. The van der Waals surface area contributed by atoms with E-state index in [0.717, 1.165) is 0 Å². The van der Waals surface area contributed by atoms with Crippen molar-refractivity contribution in [1.82, 2.24) is 0 Å². The zero-order chi connectivity index (χ0) is 13.6. The zero-order valence-corrected chi connectivity index (χ0v) is 11.7. The van der Waals surface area contributed by atoms with Gasteiger partial charge in [-0.2, -0.15) is 0 Å². The molecule has 0 aliphatic carbocycles. The van der Waals surface area contributed by atoms with E-state index in [1.165, 1.54) is 0 Å². The van der Waals surface area contributed by atoms with Gasteiger partial charge in [0.25, 0.3) is 0 Å². The van der Waals surface area contributed by atoms with Crippen LogP contribution in [-0.4, -0.2) is 23.6 Å². The summed E-state index contributed by atoms with van der Waals surface area (Å²) in [4.78, 5) is 22.9. The van der Waals surface area contributed by atoms with Crippen LogP contribution in [0.5, 0.6) is 0 Å². The summed E-state index contributed by atoms with van der Waals surface area (Å²) in [5.41, 5.74) is -0.473. The van der Waals surface area contributed by atoms with Crippen LogP contribution in [0.4, 0.5) is 0 Å². The van der Waals surface area contributed by atoms with Crippen molar-refractivity contribution in [1.29, 1.82) is 0 Å². The van der Waals surface area contributed by atoms with Crippen LogP contribution in [0.1, 0.15) is 54.4 Å². The Hall–Kier alpha value is -1.06. The van der Waals surface area contributed by atoms with Gasteiger partial charge >= 0.3 is 11.9 Å². The number of hydrogen-bond acceptors (Lipinski definition) is 4. The van der Waals surface area contributed by atoms with Crippen molar-refractivity contribution in [2.75, 3.05) is 0 Å². The Morgan fingerprint density at radius 1 is 1.12 bits per heavy atom. The lowest BCUT2D eigenvalue weighted by molar-refractivity contribution is -0.156. The fourth-order valence-electron chi connectivity index (χ4n) is 1.19. The molecule has 0 bridgehead atoms. The molecule has 0 aromatic rings. The summed E-state index contributed by atoms with van der Waals surface area (Å²) in [6, 6.07) is 0. The predicted octanol–water partition coefficient (Wildman–Crippen LogP) is 2.70. The molecule has 0 saturated heterocycles. The molecule has 17 heavy (non-hydrogen) atoms. The van der Waals surface area contributed by atoms with E-state index >= 15 is 0 Å². The van der Waals surface area contributed by atoms with Gasteiger partial charge in [-0.1, -0.05) is 6.92 Å². The molecule has 0 saturated carbocycles. The summed E-state index contributed by atoms with van der Waals surface area (Å²) in [6.07, 6.45) is 0.581. The lowest BCUT2D eigenvalue weighted by atomic mass is 10.1. The SMILES string of the molecule is CC(C)OC(=O)C(C)CCC(=O)OC(C)(C)C. The van der Waals surface area contributed by atoms with Crippen LogP contribution in [0.2, 0.25) is 0 Å². The number of esters is 2. The number of hydrogen-bond donors (Lipinski definition) is 0. The van der Waals surface area contributed by atoms with Gasteiger partial charge in [0.05, 0.1) is 12.0 Å². The third-order valence-electron chi connectivity index (χ3n) is 1.96. The molecule has 0 rings (SSSR count). The zero-order valence-electron chi connectivity index (χ0n) is 11.7. The van der Waals surface area contributed by atoms with E-state index < -0.39 is 5.60 Å². The molecule has 0 aromatic carbocycles. The first-order valence-electron chi connectivity index (χ1n) is 6.04. The normalized spacial score (nSPS) is 13.4. The monoisotopic (exact) mass is 244 g/mol. The predicted molar refractivity (Wildman–Crippen MR) is 65.5 cm³/mol. The van der Waals surface area contributed by atoms with E-state index in [2.05, 4.69) is 0 Å². The Kier molecular flexibility index (Phi) is 6.21. The van der Waals surface area contributed by atoms with Crippen molar-refractivity contribution in [2.24, 2.45) is 5.92 Å². The summed E-state index contributed by atoms with van der Waals surface area (Å²) >= 11 is 0. The Balaban J connectivity index is 3.95. The van der Waals surface area contributed by atoms with E-state index in [1.807, 2.05) is 20.8 Å². The van der Waals surface area contributed by atoms with Crippen molar-refractivity contribution >= 4 is 11.9 Å². The minimum atomic E-state index is -0.473. The Morgan fingerprint density at radius 2 is 1.65 bits per heavy atom. The number of carbonyl (C=O) groups excluding carboxylic acids is 2. The van der Waals surface area contributed by atoms with E-state index in [0.29, 0.717) is 6.42 Å². The Labute approximate surface area is 104 Å². The van der Waals surface area contributed by atoms with Crippen LogP contribution >= 0.6 is 0 Å². The lowest BCUT2D eigenvalue weighted by Crippen LogP contribution is -2.25. The first-order valence-corrected chi connectivity index (χ1v) is 6.04. The molecule has 0 N–H and O–H groups in total. The quantitative estimate of drug-likeness (QED) is 0.698. The highest BCUT2D eigenvalue weighted by Crippen LogP contribution is 2.13. The second-order valence-electron chi connectivity index (χ2n) is 5.51. The minimum absolute atomic E-state index is 0.119. The Bertz CT molecular complexity index is 263. The van der Waals surface area contributed by atoms with Gasteiger partial charge in [0.1, 0.15) is 5.60 Å². The minimum Gasteiger partial charge on any atom is -0.463 e. The first-order chi connectivity index (χ1) is 7.61. The topological polar surface area (TPSA) is 52.6 Å². The Morgan fingerprint density at radius 3 is 2.06 bits per heavy atom. The van der Waals surface area contributed by atoms with E-state index in [-0.39, 0.29) is 30.4 Å². The molecule has 0 aliphatic heterocycles. The van der Waals surface area contributed by atoms with Gasteiger partial charge in [-0.3, -0.25) is 9.59 Å². The third-order valence-corrected chi connectivity index (χ3v) is 1.96. The molecule has 1 unspecified atom stereocenters. The number of rotatable bonds is 5. The summed E-state index contributed by atoms with van der Waals surface area (Å²) in [5, 5.41) is 0. The fraction of sp³-hybridized carbons (Fsp3) is 0.846. The molecule has 1 atom stereocenters. The standard InChI is InChI=1S/C13H24O4/c1-9(2)16-12(15)10(3)7-8-11(14)17-13(4,5)6/h9-10H,7-8H2,1-6H3. The van der Waals surface area contributed by atoms with Gasteiger partial charge < -0.3 is 9.47 Å². The van der Waals surface area contributed by atoms with Crippen LogP contribution < -0.4 is 0 Å². The maximum absolute atomic E-state index is 11.5. The van der Waals surface area contributed by atoms with E-state index in [1.54, 1.807) is 20.8 Å². The van der Waals surface area contributed by atoms with Crippen LogP contribution in [0.25, 0.3) is 0 Å². The highest BCUT2D eigenvalue weighted by Gasteiger charge is 2.20. The molecule has 4 nitrogen and oxygen atoms in total. The van der Waals surface area contributed by atoms with Crippen molar-refractivity contribution in [3.8, 4) is 0 Å². The second kappa shape index (κ2) is 6.62. The maximum Gasteiger partial charge on any atom is 0.308 e. The first kappa shape index (κ1) is 15.9. The fourth-order valence-corrected chi connectivity index (χ4v) is 1.19. The average molecular weight is 244 g/mol. The molecule has 0 fully saturated rings. The molecule has 0 radical (unpaired) electrons. The second-order valence-corrected chi connectivity index (χ2v) is 5.51. The molecule has 0 heterocycles. The summed E-state index contributed by atoms with van der Waals surface area (Å²) in [6.45, 7) is 10.8. The van der Waals surface area contributed by atoms with Gasteiger partial charge in [-0.05, 0) is 41.0 Å². The van der Waals surface area contributed by atoms with Crippen LogP contribution in [0, 0.1) is 5.92 Å². The smallest absolute Gasteiger partial charge is 0.308 e. The summed E-state index contributed by atoms with van der Waals surface area (Å²) in [5.74, 6) is -0.810. The van der Waals surface area contributed by atoms with E-state index in [9.17, 15) is 9.59 Å². The van der Waals surface area contributed by atoms with Crippen LogP contribution in [0.15, 0.2) is 0 Å². The average Bonchev–Trinajstić information content (AvgIpc) is 2.10. The highest BCUT2D eigenvalue weighted by molar-refractivity contribution is 5.74. The van der Waals surface area contributed by atoms with Gasteiger partial charge in [0, 0.05) is 6.42 Å². The van der Waals surface area contributed by atoms with Gasteiger partial charge in [0.2, 0.25) is 0 Å². The van der Waals surface area contributed by atoms with Gasteiger partial charge in [-0.15, -0.1) is 0 Å². The van der Waals surface area contributed by atoms with Gasteiger partial charge in [-0.25, -0.2) is 0 Å². The van der Waals surface area contributed by atoms with Crippen LogP contribution in [0.3, 0.4) is 0 Å². The van der Waals surface area contributed by atoms with Crippen molar-refractivity contribution in [3.63, 3.8) is 0 Å². The summed E-state index contributed by atoms with van der Waals surface area (Å²) < 4.78 is 10.2. The molecular formula is C13H24O4. The molecule has 0 aromatic heterocycles. The molecule has 0 amide bonds. The molecule has 0 aliphatic rings. The largest absolute Gasteiger partial charge is 0.463 e. The third kappa shape index (κ3) is 8.72. The molecule has 0 spiro atoms. The molecule has 4 heteroatoms. The van der Waals surface area contributed by atoms with Crippen molar-refractivity contribution < 1.29 is 19.1 Å². The van der Waals surface area contributed by atoms with E-state index in [4.69, 9.17) is 9.47 Å². The van der Waals surface area contributed by atoms with Crippen molar-refractivity contribution in [2.45, 2.75) is 66.1 Å². The highest BCUT2D eigenvalue weighted by atomic mass is 16.6. The number of carbonyl (C=O) groups is 2. The molecule has 100 valence electrons. The maximum atomic E-state index is 11.5. The van der Waals surface area contributed by atoms with Crippen LogP contribution in [-0.2, 0) is 19.1 Å².